The smallest absolute Gasteiger partial charge is 0.0254 e. The molecule has 0 heterocycles. The Bertz CT molecular complexity index is 44.9. The van der Waals surface area contributed by atoms with E-state index in [-0.39, 0.29) is 4.66 Å². The van der Waals surface area contributed by atoms with Crippen molar-refractivity contribution in [1.29, 1.82) is 0 Å². The Morgan fingerprint density at radius 3 is 1.29 bits per heavy atom. The molecule has 12 radical (unpaired) electrons. The van der Waals surface area contributed by atoms with Crippen molar-refractivity contribution in [2.75, 3.05) is 0 Å². The molecule has 0 aromatic carbocycles. The molecule has 0 atom stereocenters. The maximum absolute atomic E-state index is 3.44. The lowest BCUT2D eigenvalue weighted by Crippen LogP contribution is -2.10. The number of hydrogen-bond donors (Lipinski definition) is 0. The summed E-state index contributed by atoms with van der Waals surface area (Å²) in [5.41, 5.74) is 0. The molecule has 0 unspecified atom stereocenters. The van der Waals surface area contributed by atoms with Gasteiger partial charge in [-0.3, -0.25) is 0 Å². The van der Waals surface area contributed by atoms with Gasteiger partial charge in [-0.1, -0.05) is 16.7 Å². The van der Waals surface area contributed by atoms with Crippen molar-refractivity contribution in [3.05, 3.63) is 0 Å². The highest BCUT2D eigenvalue weighted by Crippen LogP contribution is 2.22. The van der Waals surface area contributed by atoms with Crippen LogP contribution in [0.1, 0.15) is 0 Å². The number of hydrogen-bond acceptors (Lipinski definition) is 0. The molecule has 0 rings (SSSR count). The predicted octanol–water partition coefficient (Wildman–Crippen LogP) is -0.387. The maximum atomic E-state index is 3.44. The van der Waals surface area contributed by atoms with Crippen LogP contribution in [-0.2, 0) is 0 Å². The first-order chi connectivity index (χ1) is 3.12. The van der Waals surface area contributed by atoms with E-state index in [4.69, 9.17) is 0 Å². The predicted molar refractivity (Wildman–Crippen MR) is 35.3 cm³/mol. The van der Waals surface area contributed by atoms with Crippen LogP contribution >= 0.6 is 0 Å². The zero-order chi connectivity index (χ0) is 5.91. The Balaban J connectivity index is 3.36. The van der Waals surface area contributed by atoms with Crippen LogP contribution in [0.2, 0.25) is 16.7 Å². The third-order valence-electron chi connectivity index (χ3n) is 0.604. The molecule has 0 fully saturated rings. The Hall–Kier alpha value is 0.868. The van der Waals surface area contributed by atoms with Gasteiger partial charge in [0.25, 0.3) is 0 Å². The van der Waals surface area contributed by atoms with Crippen molar-refractivity contribution in [3.63, 3.8) is 0 Å². The van der Waals surface area contributed by atoms with E-state index in [1.54, 1.807) is 0 Å². The van der Waals surface area contributed by atoms with E-state index in [2.05, 4.69) is 41.0 Å². The van der Waals surface area contributed by atoms with Crippen molar-refractivity contribution in [3.8, 4) is 0 Å². The fourth-order valence-electron chi connectivity index (χ4n) is 0.0625. The van der Waals surface area contributed by atoms with Gasteiger partial charge >= 0.3 is 0 Å². The minimum atomic E-state index is 0.0216. The first kappa shape index (κ1) is 7.87. The zero-order valence-corrected chi connectivity index (χ0v) is 7.91. The summed E-state index contributed by atoms with van der Waals surface area (Å²) in [6.45, 7) is 0. The first-order valence-corrected chi connectivity index (χ1v) is 4.33. The van der Waals surface area contributed by atoms with Gasteiger partial charge in [-0.25, -0.2) is 0 Å². The quantitative estimate of drug-likeness (QED) is 0.473. The molecule has 7 heavy (non-hydrogen) atoms. The Kier molecular flexibility index (Phi) is 3.38. The molecular weight excluding hydrogens is 148 g/mol. The maximum Gasteiger partial charge on any atom is 0.0254 e. The molecule has 0 amide bonds. The summed E-state index contributed by atoms with van der Waals surface area (Å²) in [6, 6.07) is 1.76. The van der Waals surface area contributed by atoms with Gasteiger partial charge in [0.2, 0.25) is 0 Å². The summed E-state index contributed by atoms with van der Waals surface area (Å²) in [5, 5.41) is 0. The van der Waals surface area contributed by atoms with Gasteiger partial charge in [0.1, 0.15) is 0 Å². The SMILES string of the molecule is [Si]CC([Si])([Si])C[Si]. The largest absolute Gasteiger partial charge is 0.0645 e. The fourth-order valence-corrected chi connectivity index (χ4v) is 0.562. The molecule has 0 aromatic rings. The second kappa shape index (κ2) is 3.01. The van der Waals surface area contributed by atoms with E-state index in [0.29, 0.717) is 0 Å². The average Bonchev–Trinajstić information content (AvgIpc) is 1.68. The third kappa shape index (κ3) is 3.45. The van der Waals surface area contributed by atoms with Gasteiger partial charge in [0, 0.05) is 41.0 Å². The monoisotopic (exact) mass is 152 g/mol. The minimum Gasteiger partial charge on any atom is -0.0645 e. The van der Waals surface area contributed by atoms with Crippen LogP contribution in [0.25, 0.3) is 0 Å². The topological polar surface area (TPSA) is 0 Å². The van der Waals surface area contributed by atoms with Gasteiger partial charge in [0.05, 0.1) is 0 Å². The van der Waals surface area contributed by atoms with Gasteiger partial charge in [0.15, 0.2) is 0 Å². The minimum absolute atomic E-state index is 0.0216. The molecule has 0 nitrogen and oxygen atoms in total. The van der Waals surface area contributed by atoms with Crippen LogP contribution in [0.3, 0.4) is 0 Å². The summed E-state index contributed by atoms with van der Waals surface area (Å²) in [6.07, 6.45) is 0. The molecule has 4 heteroatoms. The van der Waals surface area contributed by atoms with Gasteiger partial charge in [-0.15, -0.1) is 0 Å². The van der Waals surface area contributed by atoms with Crippen molar-refractivity contribution >= 4 is 41.0 Å². The van der Waals surface area contributed by atoms with Gasteiger partial charge < -0.3 is 0 Å². The molecule has 0 aliphatic rings. The lowest BCUT2D eigenvalue weighted by atomic mass is 10.5. The van der Waals surface area contributed by atoms with Crippen LogP contribution in [0.15, 0.2) is 0 Å². The van der Waals surface area contributed by atoms with E-state index in [1.165, 1.54) is 0 Å². The lowest BCUT2D eigenvalue weighted by molar-refractivity contribution is 0.963. The summed E-state index contributed by atoms with van der Waals surface area (Å²) in [4.78, 5) is 0. The summed E-state index contributed by atoms with van der Waals surface area (Å²) < 4.78 is 0.0216. The highest BCUT2D eigenvalue weighted by Gasteiger charge is 2.10. The van der Waals surface area contributed by atoms with E-state index in [9.17, 15) is 0 Å². The van der Waals surface area contributed by atoms with Crippen LogP contribution in [0.5, 0.6) is 0 Å². The molecule has 0 aliphatic heterocycles. The normalized spacial score (nSPS) is 12.0. The van der Waals surface area contributed by atoms with Crippen molar-refractivity contribution in [2.45, 2.75) is 16.7 Å². The van der Waals surface area contributed by atoms with Crippen LogP contribution in [-0.4, -0.2) is 41.0 Å². The highest BCUT2D eigenvalue weighted by atomic mass is 28.2. The van der Waals surface area contributed by atoms with Crippen LogP contribution < -0.4 is 0 Å². The molecular formula is C3H4Si4. The Morgan fingerprint density at radius 1 is 1.00 bits per heavy atom. The second-order valence-corrected chi connectivity index (χ2v) is 4.56. The molecule has 32 valence electrons. The summed E-state index contributed by atoms with van der Waals surface area (Å²) in [7, 11) is 13.6. The van der Waals surface area contributed by atoms with Crippen molar-refractivity contribution < 1.29 is 0 Å². The third-order valence-corrected chi connectivity index (χ3v) is 3.93. The number of rotatable bonds is 2. The zero-order valence-electron chi connectivity index (χ0n) is 3.91. The Morgan fingerprint density at radius 2 is 1.29 bits per heavy atom. The van der Waals surface area contributed by atoms with Crippen LogP contribution in [0.4, 0.5) is 0 Å². The van der Waals surface area contributed by atoms with Crippen molar-refractivity contribution in [1.82, 2.24) is 0 Å². The fraction of sp³-hybridized carbons (Fsp3) is 1.00. The van der Waals surface area contributed by atoms with E-state index < -0.39 is 0 Å². The van der Waals surface area contributed by atoms with Crippen molar-refractivity contribution in [2.24, 2.45) is 0 Å². The lowest BCUT2D eigenvalue weighted by Gasteiger charge is -2.17. The molecule has 0 saturated carbocycles. The van der Waals surface area contributed by atoms with E-state index in [0.717, 1.165) is 12.1 Å². The average molecular weight is 152 g/mol. The molecule has 0 aromatic heterocycles. The van der Waals surface area contributed by atoms with E-state index in [1.807, 2.05) is 0 Å². The summed E-state index contributed by atoms with van der Waals surface area (Å²) in [5.74, 6) is 0. The Labute approximate surface area is 58.2 Å². The van der Waals surface area contributed by atoms with Gasteiger partial charge in [-0.05, 0) is 0 Å². The standard InChI is InChI=1S/C3H4Si4/c4-1-3(6,7)2-5/h1-2H2. The molecule has 0 N–H and O–H groups in total. The molecule has 0 aliphatic carbocycles. The summed E-state index contributed by atoms with van der Waals surface area (Å²) >= 11 is 0. The molecule has 0 spiro atoms. The molecule has 0 saturated heterocycles. The van der Waals surface area contributed by atoms with Crippen LogP contribution in [0, 0.1) is 0 Å². The highest BCUT2D eigenvalue weighted by molar-refractivity contribution is 6.45. The molecule has 0 bridgehead atoms. The van der Waals surface area contributed by atoms with Gasteiger partial charge in [-0.2, -0.15) is 0 Å². The van der Waals surface area contributed by atoms with E-state index >= 15 is 0 Å². The first-order valence-electron chi connectivity index (χ1n) is 1.91. The second-order valence-electron chi connectivity index (χ2n) is 1.44.